The monoisotopic (exact) mass is 563 g/mol. The van der Waals surface area contributed by atoms with E-state index in [2.05, 4.69) is 10.6 Å². The van der Waals surface area contributed by atoms with Crippen LogP contribution in [0.4, 0.5) is 4.79 Å². The summed E-state index contributed by atoms with van der Waals surface area (Å²) in [5.74, 6) is 1.23. The minimum atomic E-state index is -0.441. The molecule has 1 saturated heterocycles. The van der Waals surface area contributed by atoms with Gasteiger partial charge in [-0.1, -0.05) is 30.3 Å². The summed E-state index contributed by atoms with van der Waals surface area (Å²) in [6.45, 7) is 7.25. The minimum absolute atomic E-state index is 0. The van der Waals surface area contributed by atoms with E-state index in [1.165, 1.54) is 0 Å². The molecule has 1 fully saturated rings. The maximum atomic E-state index is 13.7. The van der Waals surface area contributed by atoms with Crippen LogP contribution in [0, 0.1) is 5.92 Å². The molecule has 0 unspecified atom stereocenters. The summed E-state index contributed by atoms with van der Waals surface area (Å²) in [5.41, 5.74) is 1.49. The van der Waals surface area contributed by atoms with Gasteiger partial charge in [0, 0.05) is 50.9 Å². The van der Waals surface area contributed by atoms with Gasteiger partial charge in [-0.05, 0) is 56.5 Å². The highest BCUT2D eigenvalue weighted by atomic mass is 35.5. The molecule has 2 aromatic rings. The molecule has 0 aliphatic carbocycles. The zero-order valence-electron chi connectivity index (χ0n) is 23.3. The number of rotatable bonds is 13. The van der Waals surface area contributed by atoms with E-state index in [1.54, 1.807) is 32.4 Å². The molecule has 9 nitrogen and oxygen atoms in total. The van der Waals surface area contributed by atoms with E-state index in [1.807, 2.05) is 49.1 Å². The Balaban J connectivity index is 0.00000533. The topological polar surface area (TPSA) is 98.4 Å². The average Bonchev–Trinajstić information content (AvgIpc) is 2.93. The third kappa shape index (κ3) is 9.91. The third-order valence-corrected chi connectivity index (χ3v) is 6.51. The summed E-state index contributed by atoms with van der Waals surface area (Å²) in [6, 6.07) is 14.8. The Morgan fingerprint density at radius 2 is 1.82 bits per heavy atom. The van der Waals surface area contributed by atoms with E-state index in [-0.39, 0.29) is 42.9 Å². The van der Waals surface area contributed by atoms with E-state index in [9.17, 15) is 9.59 Å². The molecule has 2 N–H and O–H groups in total. The van der Waals surface area contributed by atoms with Gasteiger partial charge >= 0.3 is 6.09 Å². The maximum absolute atomic E-state index is 13.7. The first-order valence-corrected chi connectivity index (χ1v) is 13.2. The van der Waals surface area contributed by atoms with Crippen molar-refractivity contribution < 1.29 is 28.5 Å². The Hall–Kier alpha value is -3.01. The Kier molecular flexibility index (Phi) is 13.9. The molecule has 0 radical (unpaired) electrons. The normalized spacial score (nSPS) is 16.6. The second-order valence-electron chi connectivity index (χ2n) is 9.72. The first kappa shape index (κ1) is 32.2. The van der Waals surface area contributed by atoms with Gasteiger partial charge in [0.25, 0.3) is 5.91 Å². The molecule has 0 bridgehead atoms. The molecule has 2 atom stereocenters. The Morgan fingerprint density at radius 3 is 2.51 bits per heavy atom. The van der Waals surface area contributed by atoms with E-state index in [0.717, 1.165) is 24.9 Å². The highest BCUT2D eigenvalue weighted by molar-refractivity contribution is 5.95. The van der Waals surface area contributed by atoms with Gasteiger partial charge in [-0.3, -0.25) is 4.79 Å². The second-order valence-corrected chi connectivity index (χ2v) is 9.72. The molecule has 39 heavy (non-hydrogen) atoms. The fraction of sp³-hybridized carbons (Fsp3) is 0.517. The molecule has 1 aliphatic heterocycles. The van der Waals surface area contributed by atoms with Crippen molar-refractivity contribution >= 4 is 24.4 Å². The van der Waals surface area contributed by atoms with Gasteiger partial charge in [-0.15, -0.1) is 12.4 Å². The lowest BCUT2D eigenvalue weighted by atomic mass is 9.93. The summed E-state index contributed by atoms with van der Waals surface area (Å²) in [7, 11) is 3.23. The Bertz CT molecular complexity index is 1020. The molecule has 1 aliphatic rings. The molecule has 1 heterocycles. The number of hydrogen-bond donors (Lipinski definition) is 2. The predicted octanol–water partition coefficient (Wildman–Crippen LogP) is 4.29. The summed E-state index contributed by atoms with van der Waals surface area (Å²) in [4.78, 5) is 27.8. The number of ether oxygens (including phenoxy) is 4. The summed E-state index contributed by atoms with van der Waals surface area (Å²) in [6.07, 6.45) is 1.06. The fourth-order valence-electron chi connectivity index (χ4n) is 4.65. The number of benzene rings is 2. The van der Waals surface area contributed by atoms with E-state index in [0.29, 0.717) is 43.4 Å². The number of carbonyl (C=O) groups excluding carboxylic acids is 2. The van der Waals surface area contributed by atoms with Gasteiger partial charge in [0.05, 0.1) is 13.7 Å². The predicted molar refractivity (Wildman–Crippen MR) is 153 cm³/mol. The smallest absolute Gasteiger partial charge is 0.407 e. The van der Waals surface area contributed by atoms with Crippen LogP contribution in [-0.2, 0) is 16.1 Å². The van der Waals surface area contributed by atoms with Crippen LogP contribution >= 0.6 is 12.4 Å². The first-order valence-electron chi connectivity index (χ1n) is 13.2. The fourth-order valence-corrected chi connectivity index (χ4v) is 4.65. The molecule has 2 amide bonds. The third-order valence-electron chi connectivity index (χ3n) is 6.51. The van der Waals surface area contributed by atoms with Crippen molar-refractivity contribution in [2.75, 3.05) is 47.1 Å². The Labute approximate surface area is 237 Å². The van der Waals surface area contributed by atoms with Crippen molar-refractivity contribution in [2.45, 2.75) is 45.4 Å². The van der Waals surface area contributed by atoms with E-state index >= 15 is 0 Å². The van der Waals surface area contributed by atoms with E-state index < -0.39 is 6.09 Å². The van der Waals surface area contributed by atoms with Crippen molar-refractivity contribution in [3.8, 4) is 11.5 Å². The summed E-state index contributed by atoms with van der Waals surface area (Å²) >= 11 is 0. The number of halogens is 1. The van der Waals surface area contributed by atoms with Crippen LogP contribution in [-0.4, -0.2) is 76.1 Å². The summed E-state index contributed by atoms with van der Waals surface area (Å²) < 4.78 is 21.7. The number of methoxy groups -OCH3 is 2. The van der Waals surface area contributed by atoms with Crippen LogP contribution in [0.2, 0.25) is 0 Å². The van der Waals surface area contributed by atoms with Crippen LogP contribution in [0.3, 0.4) is 0 Å². The summed E-state index contributed by atoms with van der Waals surface area (Å²) in [5, 5.41) is 6.31. The van der Waals surface area contributed by atoms with Crippen LogP contribution in [0.1, 0.15) is 42.6 Å². The van der Waals surface area contributed by atoms with Crippen molar-refractivity contribution in [2.24, 2.45) is 5.92 Å². The van der Waals surface area contributed by atoms with Crippen LogP contribution in [0.5, 0.6) is 11.5 Å². The van der Waals surface area contributed by atoms with Crippen LogP contribution < -0.4 is 20.1 Å². The van der Waals surface area contributed by atoms with Crippen molar-refractivity contribution in [3.63, 3.8) is 0 Å². The Morgan fingerprint density at radius 1 is 1.05 bits per heavy atom. The molecule has 0 aromatic heterocycles. The molecule has 2 aromatic carbocycles. The SMILES string of the molecule is COCCCOc1cc(C(=O)N(C(C)C)[C@H]2CNC[C@@H](CNC(=O)OCc3ccccc3)C2)ccc1OC.Cl. The van der Waals surface area contributed by atoms with Gasteiger partial charge in [-0.2, -0.15) is 0 Å². The van der Waals surface area contributed by atoms with Gasteiger partial charge < -0.3 is 34.5 Å². The molecular formula is C29H42ClN3O6. The number of hydrogen-bond acceptors (Lipinski definition) is 7. The lowest BCUT2D eigenvalue weighted by molar-refractivity contribution is 0.0534. The number of nitrogens with zero attached hydrogens (tertiary/aromatic N) is 1. The quantitative estimate of drug-likeness (QED) is 0.351. The minimum Gasteiger partial charge on any atom is -0.493 e. The highest BCUT2D eigenvalue weighted by Crippen LogP contribution is 2.30. The highest BCUT2D eigenvalue weighted by Gasteiger charge is 2.32. The van der Waals surface area contributed by atoms with Gasteiger partial charge in [0.1, 0.15) is 6.61 Å². The average molecular weight is 564 g/mol. The molecule has 3 rings (SSSR count). The lowest BCUT2D eigenvalue weighted by Crippen LogP contribution is -2.55. The van der Waals surface area contributed by atoms with Crippen molar-refractivity contribution in [1.29, 1.82) is 0 Å². The van der Waals surface area contributed by atoms with Crippen molar-refractivity contribution in [1.82, 2.24) is 15.5 Å². The van der Waals surface area contributed by atoms with Gasteiger partial charge in [0.2, 0.25) is 0 Å². The van der Waals surface area contributed by atoms with Crippen LogP contribution in [0.25, 0.3) is 0 Å². The standard InChI is InChI=1S/C29H41N3O6.ClH/c1-21(2)32(28(33)24-11-12-26(36-4)27(16-24)37-14-8-13-35-3)25-15-23(17-30-19-25)18-31-29(34)38-20-22-9-6-5-7-10-22;/h5-7,9-12,16,21,23,25,30H,8,13-15,17-20H2,1-4H3,(H,31,34);1H/t23-,25+;/m0./s1. The zero-order valence-corrected chi connectivity index (χ0v) is 24.1. The number of nitrogens with one attached hydrogen (secondary N) is 2. The number of piperidine rings is 1. The van der Waals surface area contributed by atoms with E-state index in [4.69, 9.17) is 18.9 Å². The first-order chi connectivity index (χ1) is 18.4. The van der Waals surface area contributed by atoms with Crippen LogP contribution in [0.15, 0.2) is 48.5 Å². The lowest BCUT2D eigenvalue weighted by Gasteiger charge is -2.40. The van der Waals surface area contributed by atoms with Gasteiger partial charge in [0.15, 0.2) is 11.5 Å². The van der Waals surface area contributed by atoms with Crippen molar-refractivity contribution in [3.05, 3.63) is 59.7 Å². The largest absolute Gasteiger partial charge is 0.493 e. The molecule has 216 valence electrons. The number of carbonyl (C=O) groups is 2. The maximum Gasteiger partial charge on any atom is 0.407 e. The molecule has 10 heteroatoms. The molecule has 0 saturated carbocycles. The molecular weight excluding hydrogens is 522 g/mol. The number of alkyl carbamates (subject to hydrolysis) is 1. The second kappa shape index (κ2) is 16.8. The van der Waals surface area contributed by atoms with Gasteiger partial charge in [-0.25, -0.2) is 4.79 Å². The zero-order chi connectivity index (χ0) is 27.3. The number of amides is 2. The molecule has 0 spiro atoms.